The fourth-order valence-corrected chi connectivity index (χ4v) is 4.62. The third-order valence-corrected chi connectivity index (χ3v) is 5.90. The van der Waals surface area contributed by atoms with Gasteiger partial charge in [0.2, 0.25) is 0 Å². The van der Waals surface area contributed by atoms with Crippen molar-refractivity contribution in [3.8, 4) is 11.5 Å². The molecule has 2 heterocycles. The topological polar surface area (TPSA) is 30.5 Å². The van der Waals surface area contributed by atoms with Gasteiger partial charge in [-0.25, -0.2) is 0 Å². The highest BCUT2D eigenvalue weighted by Gasteiger charge is 2.16. The van der Waals surface area contributed by atoms with E-state index in [1.54, 1.807) is 11.8 Å². The minimum Gasteiger partial charge on any atom is -0.486 e. The first-order valence-electron chi connectivity index (χ1n) is 7.62. The molecule has 0 spiro atoms. The van der Waals surface area contributed by atoms with Crippen LogP contribution in [0.1, 0.15) is 18.4 Å². The summed E-state index contributed by atoms with van der Waals surface area (Å²) in [6.07, 6.45) is 4.83. The molecule has 0 bridgehead atoms. The Morgan fingerprint density at radius 1 is 1.19 bits per heavy atom. The zero-order valence-electron chi connectivity index (χ0n) is 12.5. The van der Waals surface area contributed by atoms with E-state index in [2.05, 4.69) is 35.5 Å². The van der Waals surface area contributed by atoms with Crippen LogP contribution in [0.5, 0.6) is 11.5 Å². The molecule has 1 N–H and O–H groups in total. The molecular weight excluding hydrogens is 302 g/mol. The number of hydrogen-bond donors (Lipinski definition) is 1. The monoisotopic (exact) mass is 325 g/mol. The van der Waals surface area contributed by atoms with Gasteiger partial charge in [0.25, 0.3) is 0 Å². The fourth-order valence-electron chi connectivity index (χ4n) is 2.80. The van der Waals surface area contributed by atoms with Crippen LogP contribution in [0.2, 0.25) is 0 Å². The number of thioether (sulfide) groups is 2. The number of benzene rings is 1. The molecule has 3 nitrogen and oxygen atoms in total. The minimum absolute atomic E-state index is 0.651. The molecule has 5 heteroatoms. The molecular formula is C16H23NO2S2. The quantitative estimate of drug-likeness (QED) is 0.838. The Hall–Kier alpha value is -0.520. The first-order valence-corrected chi connectivity index (χ1v) is 9.99. The van der Waals surface area contributed by atoms with Crippen molar-refractivity contribution in [3.05, 3.63) is 17.7 Å². The van der Waals surface area contributed by atoms with Crippen LogP contribution in [-0.2, 0) is 6.54 Å². The summed E-state index contributed by atoms with van der Waals surface area (Å²) in [5.41, 5.74) is 1.32. The summed E-state index contributed by atoms with van der Waals surface area (Å²) in [5, 5.41) is 3.63. The average Bonchev–Trinajstić information content (AvgIpc) is 2.55. The molecule has 0 aliphatic carbocycles. The van der Waals surface area contributed by atoms with E-state index in [0.29, 0.717) is 13.2 Å². The van der Waals surface area contributed by atoms with Gasteiger partial charge >= 0.3 is 0 Å². The van der Waals surface area contributed by atoms with E-state index >= 15 is 0 Å². The highest BCUT2D eigenvalue weighted by atomic mass is 32.2. The maximum atomic E-state index is 5.70. The van der Waals surface area contributed by atoms with Crippen LogP contribution < -0.4 is 14.8 Å². The lowest BCUT2D eigenvalue weighted by atomic mass is 10.0. The third kappa shape index (κ3) is 4.02. The molecule has 0 unspecified atom stereocenters. The van der Waals surface area contributed by atoms with Crippen LogP contribution in [-0.4, -0.2) is 37.5 Å². The summed E-state index contributed by atoms with van der Waals surface area (Å²) >= 11 is 3.86. The Morgan fingerprint density at radius 2 is 1.90 bits per heavy atom. The molecule has 2 aliphatic heterocycles. The molecule has 116 valence electrons. The van der Waals surface area contributed by atoms with Gasteiger partial charge in [0, 0.05) is 11.4 Å². The molecule has 0 saturated carbocycles. The maximum absolute atomic E-state index is 5.70. The van der Waals surface area contributed by atoms with Crippen molar-refractivity contribution >= 4 is 23.5 Å². The summed E-state index contributed by atoms with van der Waals surface area (Å²) in [7, 11) is 0. The van der Waals surface area contributed by atoms with E-state index in [1.165, 1.54) is 34.8 Å². The van der Waals surface area contributed by atoms with Gasteiger partial charge in [0.1, 0.15) is 13.2 Å². The predicted molar refractivity (Wildman–Crippen MR) is 91.0 cm³/mol. The van der Waals surface area contributed by atoms with Gasteiger partial charge in [-0.3, -0.25) is 0 Å². The summed E-state index contributed by atoms with van der Waals surface area (Å²) in [6, 6.07) is 4.26. The SMILES string of the molecule is CSc1cc2c(cc1CNCC1CCSCC1)OCCO2. The van der Waals surface area contributed by atoms with Crippen LogP contribution in [0.4, 0.5) is 0 Å². The molecule has 1 aromatic rings. The second-order valence-corrected chi connectivity index (χ2v) is 7.57. The summed E-state index contributed by atoms with van der Waals surface area (Å²) in [6.45, 7) is 3.34. The molecule has 1 saturated heterocycles. The Kier molecular flexibility index (Phi) is 5.61. The average molecular weight is 325 g/mol. The van der Waals surface area contributed by atoms with Gasteiger partial charge in [-0.1, -0.05) is 0 Å². The van der Waals surface area contributed by atoms with E-state index in [0.717, 1.165) is 30.5 Å². The van der Waals surface area contributed by atoms with Gasteiger partial charge in [0.05, 0.1) is 0 Å². The number of rotatable bonds is 5. The first kappa shape index (κ1) is 15.4. The molecule has 0 atom stereocenters. The van der Waals surface area contributed by atoms with E-state index in [4.69, 9.17) is 9.47 Å². The van der Waals surface area contributed by atoms with E-state index in [-0.39, 0.29) is 0 Å². The fraction of sp³-hybridized carbons (Fsp3) is 0.625. The number of hydrogen-bond acceptors (Lipinski definition) is 5. The standard InChI is InChI=1S/C16H23NO2S2/c1-20-16-9-15-14(18-4-5-19-15)8-13(16)11-17-10-12-2-6-21-7-3-12/h8-9,12,17H,2-7,10-11H2,1H3. The third-order valence-electron chi connectivity index (χ3n) is 4.03. The molecule has 3 rings (SSSR count). The zero-order valence-corrected chi connectivity index (χ0v) is 14.2. The largest absolute Gasteiger partial charge is 0.486 e. The second-order valence-electron chi connectivity index (χ2n) is 5.49. The van der Waals surface area contributed by atoms with E-state index in [9.17, 15) is 0 Å². The van der Waals surface area contributed by atoms with Gasteiger partial charge in [-0.15, -0.1) is 11.8 Å². The van der Waals surface area contributed by atoms with Crippen LogP contribution in [0.15, 0.2) is 17.0 Å². The zero-order chi connectivity index (χ0) is 14.5. The van der Waals surface area contributed by atoms with E-state index < -0.39 is 0 Å². The van der Waals surface area contributed by atoms with E-state index in [1.807, 2.05) is 0 Å². The Bertz CT molecular complexity index is 476. The van der Waals surface area contributed by atoms with Crippen molar-refractivity contribution in [1.82, 2.24) is 5.32 Å². The molecule has 21 heavy (non-hydrogen) atoms. The maximum Gasteiger partial charge on any atom is 0.162 e. The summed E-state index contributed by atoms with van der Waals surface area (Å²) < 4.78 is 11.4. The summed E-state index contributed by atoms with van der Waals surface area (Å²) in [5.74, 6) is 5.28. The van der Waals surface area contributed by atoms with Crippen molar-refractivity contribution in [2.75, 3.05) is 37.5 Å². The molecule has 1 fully saturated rings. The van der Waals surface area contributed by atoms with Gasteiger partial charge in [0.15, 0.2) is 11.5 Å². The van der Waals surface area contributed by atoms with Crippen molar-refractivity contribution in [2.45, 2.75) is 24.3 Å². The number of ether oxygens (including phenoxy) is 2. The Morgan fingerprint density at radius 3 is 2.62 bits per heavy atom. The van der Waals surface area contributed by atoms with Crippen molar-refractivity contribution < 1.29 is 9.47 Å². The molecule has 0 aromatic heterocycles. The number of fused-ring (bicyclic) bond motifs is 1. The van der Waals surface area contributed by atoms with Crippen LogP contribution in [0, 0.1) is 5.92 Å². The smallest absolute Gasteiger partial charge is 0.162 e. The van der Waals surface area contributed by atoms with Crippen molar-refractivity contribution in [3.63, 3.8) is 0 Å². The van der Waals surface area contributed by atoms with Gasteiger partial charge in [-0.05, 0) is 60.8 Å². The second kappa shape index (κ2) is 7.65. The lowest BCUT2D eigenvalue weighted by Gasteiger charge is -2.23. The minimum atomic E-state index is 0.651. The lowest BCUT2D eigenvalue weighted by Crippen LogP contribution is -2.25. The van der Waals surface area contributed by atoms with Crippen LogP contribution in [0.25, 0.3) is 0 Å². The van der Waals surface area contributed by atoms with Crippen LogP contribution >= 0.6 is 23.5 Å². The lowest BCUT2D eigenvalue weighted by molar-refractivity contribution is 0.171. The molecule has 2 aliphatic rings. The van der Waals surface area contributed by atoms with Crippen molar-refractivity contribution in [2.24, 2.45) is 5.92 Å². The summed E-state index contributed by atoms with van der Waals surface area (Å²) in [4.78, 5) is 1.28. The molecule has 1 aromatic carbocycles. The first-order chi connectivity index (χ1) is 10.4. The molecule has 0 amide bonds. The number of nitrogens with one attached hydrogen (secondary N) is 1. The van der Waals surface area contributed by atoms with Gasteiger partial charge in [-0.2, -0.15) is 11.8 Å². The Balaban J connectivity index is 1.61. The van der Waals surface area contributed by atoms with Gasteiger partial charge < -0.3 is 14.8 Å². The Labute approximate surface area is 135 Å². The van der Waals surface area contributed by atoms with Crippen molar-refractivity contribution in [1.29, 1.82) is 0 Å². The highest BCUT2D eigenvalue weighted by molar-refractivity contribution is 7.99. The normalized spacial score (nSPS) is 18.7. The van der Waals surface area contributed by atoms with Crippen LogP contribution in [0.3, 0.4) is 0 Å². The predicted octanol–water partition coefficient (Wildman–Crippen LogP) is 3.41. The highest BCUT2D eigenvalue weighted by Crippen LogP contribution is 2.36. The molecule has 0 radical (unpaired) electrons.